The van der Waals surface area contributed by atoms with Crippen LogP contribution in [0.3, 0.4) is 0 Å². The average Bonchev–Trinajstić information content (AvgIpc) is 3.03. The third-order valence-electron chi connectivity index (χ3n) is 3.37. The molecule has 0 unspecified atom stereocenters. The zero-order valence-electron chi connectivity index (χ0n) is 12.8. The predicted octanol–water partition coefficient (Wildman–Crippen LogP) is 4.91. The van der Waals surface area contributed by atoms with Crippen LogP contribution in [0.5, 0.6) is 0 Å². The van der Waals surface area contributed by atoms with Crippen LogP contribution in [0.2, 0.25) is 0 Å². The second-order valence-electron chi connectivity index (χ2n) is 5.26. The molecule has 0 radical (unpaired) electrons. The molecule has 2 aromatic carbocycles. The number of benzene rings is 2. The SMILES string of the molecule is Cc1cccc(NC(=O)/C=C/c2ccc(-c3ccccc3)o2)c1. The van der Waals surface area contributed by atoms with Crippen molar-refractivity contribution in [2.75, 3.05) is 5.32 Å². The lowest BCUT2D eigenvalue weighted by Crippen LogP contribution is -2.07. The summed E-state index contributed by atoms with van der Waals surface area (Å²) in [4.78, 5) is 11.9. The van der Waals surface area contributed by atoms with Gasteiger partial charge in [-0.1, -0.05) is 42.5 Å². The van der Waals surface area contributed by atoms with Gasteiger partial charge in [-0.25, -0.2) is 0 Å². The quantitative estimate of drug-likeness (QED) is 0.696. The first-order valence-corrected chi connectivity index (χ1v) is 7.42. The van der Waals surface area contributed by atoms with Gasteiger partial charge < -0.3 is 9.73 Å². The highest BCUT2D eigenvalue weighted by Gasteiger charge is 2.03. The van der Waals surface area contributed by atoms with Gasteiger partial charge in [-0.2, -0.15) is 0 Å². The molecular formula is C20H17NO2. The second-order valence-corrected chi connectivity index (χ2v) is 5.26. The molecule has 1 N–H and O–H groups in total. The Morgan fingerprint density at radius 2 is 1.83 bits per heavy atom. The highest BCUT2D eigenvalue weighted by Crippen LogP contribution is 2.22. The topological polar surface area (TPSA) is 42.2 Å². The van der Waals surface area contributed by atoms with Crippen LogP contribution in [-0.4, -0.2) is 5.91 Å². The molecule has 3 nitrogen and oxygen atoms in total. The Morgan fingerprint density at radius 1 is 1.00 bits per heavy atom. The molecule has 0 aliphatic heterocycles. The number of carbonyl (C=O) groups excluding carboxylic acids is 1. The van der Waals surface area contributed by atoms with E-state index in [1.807, 2.05) is 73.7 Å². The van der Waals surface area contributed by atoms with Gasteiger partial charge in [0.05, 0.1) is 0 Å². The number of anilines is 1. The Labute approximate surface area is 135 Å². The molecule has 0 spiro atoms. The molecule has 0 bridgehead atoms. The molecule has 0 aliphatic carbocycles. The molecule has 0 saturated carbocycles. The fraction of sp³-hybridized carbons (Fsp3) is 0.0500. The zero-order valence-corrected chi connectivity index (χ0v) is 12.8. The average molecular weight is 303 g/mol. The number of nitrogens with one attached hydrogen (secondary N) is 1. The summed E-state index contributed by atoms with van der Waals surface area (Å²) in [5, 5.41) is 2.82. The lowest BCUT2D eigenvalue weighted by molar-refractivity contribution is -0.111. The third kappa shape index (κ3) is 3.98. The predicted molar refractivity (Wildman–Crippen MR) is 93.0 cm³/mol. The monoisotopic (exact) mass is 303 g/mol. The summed E-state index contributed by atoms with van der Waals surface area (Å²) in [6.07, 6.45) is 3.13. The van der Waals surface area contributed by atoms with Crippen molar-refractivity contribution in [3.8, 4) is 11.3 Å². The summed E-state index contributed by atoms with van der Waals surface area (Å²) >= 11 is 0. The maximum absolute atomic E-state index is 11.9. The number of rotatable bonds is 4. The van der Waals surface area contributed by atoms with Crippen molar-refractivity contribution in [1.82, 2.24) is 0 Å². The minimum Gasteiger partial charge on any atom is -0.457 e. The van der Waals surface area contributed by atoms with Crippen molar-refractivity contribution < 1.29 is 9.21 Å². The fourth-order valence-corrected chi connectivity index (χ4v) is 2.26. The van der Waals surface area contributed by atoms with Gasteiger partial charge in [-0.15, -0.1) is 0 Å². The van der Waals surface area contributed by atoms with Crippen molar-refractivity contribution >= 4 is 17.7 Å². The van der Waals surface area contributed by atoms with Gasteiger partial charge in [0.1, 0.15) is 11.5 Å². The van der Waals surface area contributed by atoms with Gasteiger partial charge in [0.2, 0.25) is 5.91 Å². The molecule has 0 fully saturated rings. The largest absolute Gasteiger partial charge is 0.457 e. The molecule has 1 amide bonds. The highest BCUT2D eigenvalue weighted by atomic mass is 16.3. The molecule has 114 valence electrons. The number of furan rings is 1. The van der Waals surface area contributed by atoms with Crippen LogP contribution in [0.25, 0.3) is 17.4 Å². The summed E-state index contributed by atoms with van der Waals surface area (Å²) < 4.78 is 5.72. The first kappa shape index (κ1) is 14.9. The van der Waals surface area contributed by atoms with Gasteiger partial charge in [-0.05, 0) is 42.8 Å². The van der Waals surface area contributed by atoms with E-state index >= 15 is 0 Å². The maximum Gasteiger partial charge on any atom is 0.248 e. The summed E-state index contributed by atoms with van der Waals surface area (Å²) in [5.41, 5.74) is 2.89. The van der Waals surface area contributed by atoms with Crippen LogP contribution in [-0.2, 0) is 4.79 Å². The fourth-order valence-electron chi connectivity index (χ4n) is 2.26. The number of amides is 1. The first-order chi connectivity index (χ1) is 11.2. The van der Waals surface area contributed by atoms with E-state index in [0.717, 1.165) is 22.6 Å². The Balaban J connectivity index is 1.66. The minimum absolute atomic E-state index is 0.187. The second kappa shape index (κ2) is 6.79. The molecule has 1 aromatic heterocycles. The van der Waals surface area contributed by atoms with E-state index < -0.39 is 0 Å². The van der Waals surface area contributed by atoms with E-state index in [2.05, 4.69) is 5.32 Å². The molecule has 3 rings (SSSR count). The smallest absolute Gasteiger partial charge is 0.248 e. The van der Waals surface area contributed by atoms with Crippen LogP contribution >= 0.6 is 0 Å². The maximum atomic E-state index is 11.9. The molecule has 1 heterocycles. The van der Waals surface area contributed by atoms with Crippen LogP contribution in [0.1, 0.15) is 11.3 Å². The van der Waals surface area contributed by atoms with Crippen molar-refractivity contribution in [2.45, 2.75) is 6.92 Å². The van der Waals surface area contributed by atoms with Crippen LogP contribution < -0.4 is 5.32 Å². The zero-order chi connectivity index (χ0) is 16.1. The van der Waals surface area contributed by atoms with E-state index in [1.54, 1.807) is 6.08 Å². The first-order valence-electron chi connectivity index (χ1n) is 7.42. The molecular weight excluding hydrogens is 286 g/mol. The number of carbonyl (C=O) groups is 1. The van der Waals surface area contributed by atoms with Crippen LogP contribution in [0.15, 0.2) is 77.2 Å². The van der Waals surface area contributed by atoms with Crippen molar-refractivity contribution in [1.29, 1.82) is 0 Å². The van der Waals surface area contributed by atoms with E-state index in [9.17, 15) is 4.79 Å². The van der Waals surface area contributed by atoms with Crippen molar-refractivity contribution in [3.63, 3.8) is 0 Å². The number of hydrogen-bond donors (Lipinski definition) is 1. The van der Waals surface area contributed by atoms with Crippen molar-refractivity contribution in [3.05, 3.63) is 84.1 Å². The van der Waals surface area contributed by atoms with Gasteiger partial charge in [0.15, 0.2) is 0 Å². The van der Waals surface area contributed by atoms with Crippen molar-refractivity contribution in [2.24, 2.45) is 0 Å². The van der Waals surface area contributed by atoms with Gasteiger partial charge in [0.25, 0.3) is 0 Å². The Hall–Kier alpha value is -3.07. The lowest BCUT2D eigenvalue weighted by atomic mass is 10.2. The summed E-state index contributed by atoms with van der Waals surface area (Å²) in [6, 6.07) is 21.3. The summed E-state index contributed by atoms with van der Waals surface area (Å²) in [7, 11) is 0. The Morgan fingerprint density at radius 3 is 2.61 bits per heavy atom. The number of hydrogen-bond acceptors (Lipinski definition) is 2. The Kier molecular flexibility index (Phi) is 4.39. The normalized spacial score (nSPS) is 10.8. The highest BCUT2D eigenvalue weighted by molar-refractivity contribution is 6.01. The van der Waals surface area contributed by atoms with E-state index in [0.29, 0.717) is 5.76 Å². The molecule has 3 heteroatoms. The minimum atomic E-state index is -0.187. The molecule has 3 aromatic rings. The van der Waals surface area contributed by atoms with Gasteiger partial charge in [-0.3, -0.25) is 4.79 Å². The van der Waals surface area contributed by atoms with E-state index in [4.69, 9.17) is 4.42 Å². The van der Waals surface area contributed by atoms with Crippen LogP contribution in [0.4, 0.5) is 5.69 Å². The third-order valence-corrected chi connectivity index (χ3v) is 3.37. The Bertz CT molecular complexity index is 832. The van der Waals surface area contributed by atoms with E-state index in [-0.39, 0.29) is 5.91 Å². The molecule has 0 atom stereocenters. The van der Waals surface area contributed by atoms with Crippen LogP contribution in [0, 0.1) is 6.92 Å². The summed E-state index contributed by atoms with van der Waals surface area (Å²) in [5.74, 6) is 1.24. The van der Waals surface area contributed by atoms with Gasteiger partial charge >= 0.3 is 0 Å². The van der Waals surface area contributed by atoms with Gasteiger partial charge in [0, 0.05) is 17.3 Å². The van der Waals surface area contributed by atoms with E-state index in [1.165, 1.54) is 6.08 Å². The molecule has 23 heavy (non-hydrogen) atoms. The lowest BCUT2D eigenvalue weighted by Gasteiger charge is -2.02. The molecule has 0 aliphatic rings. The summed E-state index contributed by atoms with van der Waals surface area (Å²) in [6.45, 7) is 1.99. The standard InChI is InChI=1S/C20H17NO2/c1-15-6-5-9-17(14-15)21-20(22)13-11-18-10-12-19(23-18)16-7-3-2-4-8-16/h2-14H,1H3,(H,21,22)/b13-11+. The number of aryl methyl sites for hydroxylation is 1. The molecule has 0 saturated heterocycles.